The maximum absolute atomic E-state index is 12.5. The van der Waals surface area contributed by atoms with E-state index >= 15 is 0 Å². The van der Waals surface area contributed by atoms with Crippen LogP contribution in [0.4, 0.5) is 0 Å². The maximum Gasteiger partial charge on any atom is 0.270 e. The number of aromatic nitrogens is 1. The average Bonchev–Trinajstić information content (AvgIpc) is 2.89. The van der Waals surface area contributed by atoms with Crippen LogP contribution in [0.15, 0.2) is 17.2 Å². The number of halogens is 1. The third kappa shape index (κ3) is 3.80. The summed E-state index contributed by atoms with van der Waals surface area (Å²) in [4.78, 5) is 14.2. The molecule has 1 aliphatic carbocycles. The van der Waals surface area contributed by atoms with Crippen molar-refractivity contribution in [2.24, 2.45) is 11.8 Å². The first-order valence-corrected chi connectivity index (χ1v) is 9.45. The first-order chi connectivity index (χ1) is 9.74. The molecule has 21 heavy (non-hydrogen) atoms. The Hall–Kier alpha value is -1.01. The number of nitrogens with zero attached hydrogens (tertiary/aromatic N) is 2. The Balaban J connectivity index is 2.23. The number of hydrogen-bond donors (Lipinski definition) is 0. The van der Waals surface area contributed by atoms with Crippen molar-refractivity contribution in [3.63, 3.8) is 0 Å². The fourth-order valence-electron chi connectivity index (χ4n) is 2.51. The van der Waals surface area contributed by atoms with Crippen molar-refractivity contribution in [2.75, 3.05) is 13.6 Å². The molecule has 5 nitrogen and oxygen atoms in total. The minimum absolute atomic E-state index is 0.0193. The molecule has 1 fully saturated rings. The number of carbonyl (C=O) groups is 1. The molecule has 0 N–H and O–H groups in total. The normalized spacial score (nSPS) is 21.3. The summed E-state index contributed by atoms with van der Waals surface area (Å²) in [6.07, 6.45) is 3.39. The molecule has 7 heteroatoms. The van der Waals surface area contributed by atoms with Crippen LogP contribution in [0, 0.1) is 11.8 Å². The maximum atomic E-state index is 12.5. The molecular weight excluding hydrogens is 312 g/mol. The van der Waals surface area contributed by atoms with E-state index in [1.54, 1.807) is 16.5 Å². The van der Waals surface area contributed by atoms with E-state index in [9.17, 15) is 13.2 Å². The number of amides is 1. The van der Waals surface area contributed by atoms with E-state index in [1.165, 1.54) is 12.3 Å². The molecule has 1 heterocycles. The zero-order valence-electron chi connectivity index (χ0n) is 12.5. The van der Waals surface area contributed by atoms with Crippen LogP contribution in [-0.2, 0) is 15.6 Å². The quantitative estimate of drug-likeness (QED) is 0.752. The second-order valence-electron chi connectivity index (χ2n) is 5.85. The second-order valence-corrected chi connectivity index (χ2v) is 8.42. The van der Waals surface area contributed by atoms with Crippen LogP contribution in [0.25, 0.3) is 0 Å². The van der Waals surface area contributed by atoms with Gasteiger partial charge in [-0.1, -0.05) is 13.8 Å². The van der Waals surface area contributed by atoms with E-state index < -0.39 is 9.05 Å². The van der Waals surface area contributed by atoms with Crippen LogP contribution in [0.5, 0.6) is 0 Å². The Morgan fingerprint density at radius 3 is 2.62 bits per heavy atom. The highest BCUT2D eigenvalue weighted by Gasteiger charge is 2.34. The first kappa shape index (κ1) is 16.4. The minimum Gasteiger partial charge on any atom is -0.342 e. The topological polar surface area (TPSA) is 59.4 Å². The van der Waals surface area contributed by atoms with Crippen LogP contribution >= 0.6 is 10.7 Å². The Morgan fingerprint density at radius 1 is 1.52 bits per heavy atom. The van der Waals surface area contributed by atoms with Gasteiger partial charge < -0.3 is 9.47 Å². The Labute approximate surface area is 130 Å². The third-order valence-electron chi connectivity index (χ3n) is 3.97. The molecule has 2 atom stereocenters. The van der Waals surface area contributed by atoms with Gasteiger partial charge in [-0.2, -0.15) is 0 Å². The van der Waals surface area contributed by atoms with Gasteiger partial charge in [-0.15, -0.1) is 0 Å². The van der Waals surface area contributed by atoms with Gasteiger partial charge >= 0.3 is 0 Å². The lowest BCUT2D eigenvalue weighted by Crippen LogP contribution is -2.30. The van der Waals surface area contributed by atoms with E-state index in [-0.39, 0.29) is 10.8 Å². The van der Waals surface area contributed by atoms with Gasteiger partial charge in [-0.05, 0) is 30.7 Å². The SMILES string of the molecule is CCCn1cc(S(=O)(=O)Cl)cc1C(=O)N(C)CC1CC1C. The lowest BCUT2D eigenvalue weighted by atomic mass is 10.3. The van der Waals surface area contributed by atoms with Gasteiger partial charge in [-0.3, -0.25) is 4.79 Å². The van der Waals surface area contributed by atoms with E-state index in [2.05, 4.69) is 6.92 Å². The lowest BCUT2D eigenvalue weighted by Gasteiger charge is -2.18. The van der Waals surface area contributed by atoms with Gasteiger partial charge in [0.05, 0.1) is 0 Å². The lowest BCUT2D eigenvalue weighted by molar-refractivity contribution is 0.0776. The summed E-state index contributed by atoms with van der Waals surface area (Å²) in [7, 11) is 3.31. The molecule has 0 saturated heterocycles. The smallest absolute Gasteiger partial charge is 0.270 e. The van der Waals surface area contributed by atoms with E-state index in [1.807, 2.05) is 6.92 Å². The second kappa shape index (κ2) is 6.01. The fourth-order valence-corrected chi connectivity index (χ4v) is 3.26. The van der Waals surface area contributed by atoms with Crippen molar-refractivity contribution in [1.82, 2.24) is 9.47 Å². The van der Waals surface area contributed by atoms with Gasteiger partial charge in [0.2, 0.25) is 0 Å². The van der Waals surface area contributed by atoms with E-state index in [0.717, 1.165) is 12.8 Å². The summed E-state index contributed by atoms with van der Waals surface area (Å²) in [6.45, 7) is 5.43. The largest absolute Gasteiger partial charge is 0.342 e. The predicted molar refractivity (Wildman–Crippen MR) is 82.0 cm³/mol. The molecule has 2 rings (SSSR count). The first-order valence-electron chi connectivity index (χ1n) is 7.14. The van der Waals surface area contributed by atoms with Crippen molar-refractivity contribution < 1.29 is 13.2 Å². The average molecular weight is 333 g/mol. The van der Waals surface area contributed by atoms with Gasteiger partial charge in [0.25, 0.3) is 15.0 Å². The zero-order valence-corrected chi connectivity index (χ0v) is 14.1. The number of hydrogen-bond acceptors (Lipinski definition) is 3. The monoisotopic (exact) mass is 332 g/mol. The number of carbonyl (C=O) groups excluding carboxylic acids is 1. The molecule has 1 saturated carbocycles. The minimum atomic E-state index is -3.82. The fraction of sp³-hybridized carbons (Fsp3) is 0.643. The van der Waals surface area contributed by atoms with Gasteiger partial charge in [-0.25, -0.2) is 8.42 Å². The molecule has 0 aromatic carbocycles. The standard InChI is InChI=1S/C14H21ClN2O3S/c1-4-5-17-9-12(21(15,19)20)7-13(17)14(18)16(3)8-11-6-10(11)2/h7,9-11H,4-6,8H2,1-3H3. The van der Waals surface area contributed by atoms with E-state index in [4.69, 9.17) is 10.7 Å². The van der Waals surface area contributed by atoms with Gasteiger partial charge in [0.1, 0.15) is 10.6 Å². The molecule has 0 bridgehead atoms. The summed E-state index contributed by atoms with van der Waals surface area (Å²) in [5.74, 6) is 1.07. The Morgan fingerprint density at radius 2 is 2.14 bits per heavy atom. The highest BCUT2D eigenvalue weighted by atomic mass is 35.7. The Kier molecular flexibility index (Phi) is 4.68. The summed E-state index contributed by atoms with van der Waals surface area (Å²) < 4.78 is 24.6. The van der Waals surface area contributed by atoms with E-state index in [0.29, 0.717) is 30.6 Å². The van der Waals surface area contributed by atoms with Crippen molar-refractivity contribution >= 4 is 25.6 Å². The molecule has 1 aromatic rings. The van der Waals surface area contributed by atoms with Crippen LogP contribution in [0.3, 0.4) is 0 Å². The molecule has 1 aromatic heterocycles. The van der Waals surface area contributed by atoms with Crippen LogP contribution in [0.1, 0.15) is 37.2 Å². The van der Waals surface area contributed by atoms with Crippen LogP contribution in [-0.4, -0.2) is 37.4 Å². The van der Waals surface area contributed by atoms with Crippen molar-refractivity contribution in [3.05, 3.63) is 18.0 Å². The molecule has 0 spiro atoms. The number of aryl methyl sites for hydroxylation is 1. The van der Waals surface area contributed by atoms with Crippen LogP contribution < -0.4 is 0 Å². The molecule has 2 unspecified atom stereocenters. The molecule has 1 amide bonds. The number of rotatable bonds is 6. The summed E-state index contributed by atoms with van der Waals surface area (Å²) >= 11 is 0. The highest BCUT2D eigenvalue weighted by Crippen LogP contribution is 2.38. The molecular formula is C14H21ClN2O3S. The Bertz CT molecular complexity index is 639. The molecule has 0 aliphatic heterocycles. The zero-order chi connectivity index (χ0) is 15.8. The summed E-state index contributed by atoms with van der Waals surface area (Å²) in [6, 6.07) is 1.37. The van der Waals surface area contributed by atoms with Crippen LogP contribution in [0.2, 0.25) is 0 Å². The molecule has 1 aliphatic rings. The van der Waals surface area contributed by atoms with Crippen molar-refractivity contribution in [3.8, 4) is 0 Å². The molecule has 0 radical (unpaired) electrons. The highest BCUT2D eigenvalue weighted by molar-refractivity contribution is 8.13. The van der Waals surface area contributed by atoms with Crippen molar-refractivity contribution in [2.45, 2.75) is 38.1 Å². The summed E-state index contributed by atoms with van der Waals surface area (Å²) in [5.41, 5.74) is 0.381. The van der Waals surface area contributed by atoms with Gasteiger partial charge in [0, 0.05) is 37.0 Å². The third-order valence-corrected chi connectivity index (χ3v) is 5.29. The van der Waals surface area contributed by atoms with Crippen molar-refractivity contribution in [1.29, 1.82) is 0 Å². The summed E-state index contributed by atoms with van der Waals surface area (Å²) in [5, 5.41) is 0. The van der Waals surface area contributed by atoms with Gasteiger partial charge in [0.15, 0.2) is 0 Å². The predicted octanol–water partition coefficient (Wildman–Crippen LogP) is 2.55. The molecule has 118 valence electrons.